The van der Waals surface area contributed by atoms with Crippen molar-refractivity contribution in [2.45, 2.75) is 12.5 Å². The number of fused-ring (bicyclic) bond motifs is 1. The van der Waals surface area contributed by atoms with E-state index in [1.807, 2.05) is 6.07 Å². The standard InChI is InChI=1S/C27H29N3O4/c31-23(19-33-24-10-11-25-26(17-24)34-27(32)28-25)18-29-12-14-30(15-13-29)22-8-6-21(7-9-22)16-20-4-2-1-3-5-20/h1-11,17,23,31H,12-16,18-19H2,(H,28,32)/t23-/m0/s1. The van der Waals surface area contributed by atoms with Crippen LogP contribution in [0, 0.1) is 0 Å². The number of H-pyrrole nitrogens is 1. The molecule has 0 unspecified atom stereocenters. The number of aromatic nitrogens is 1. The number of ether oxygens (including phenoxy) is 1. The van der Waals surface area contributed by atoms with Crippen LogP contribution in [0.25, 0.3) is 11.1 Å². The Bertz CT molecular complexity index is 1260. The van der Waals surface area contributed by atoms with Gasteiger partial charge in [-0.05, 0) is 41.8 Å². The highest BCUT2D eigenvalue weighted by Gasteiger charge is 2.20. The van der Waals surface area contributed by atoms with Crippen LogP contribution < -0.4 is 15.4 Å². The second kappa shape index (κ2) is 10.2. The number of hydrogen-bond donors (Lipinski definition) is 2. The highest BCUT2D eigenvalue weighted by Crippen LogP contribution is 2.20. The van der Waals surface area contributed by atoms with E-state index in [0.717, 1.165) is 32.6 Å². The summed E-state index contributed by atoms with van der Waals surface area (Å²) in [5, 5.41) is 10.5. The number of rotatable bonds is 8. The molecule has 0 spiro atoms. The number of nitrogens with one attached hydrogen (secondary N) is 1. The number of aliphatic hydroxyl groups excluding tert-OH is 1. The van der Waals surface area contributed by atoms with Gasteiger partial charge in [0.1, 0.15) is 18.5 Å². The Morgan fingerprint density at radius 3 is 2.44 bits per heavy atom. The van der Waals surface area contributed by atoms with E-state index in [2.05, 4.69) is 63.3 Å². The topological polar surface area (TPSA) is 81.9 Å². The summed E-state index contributed by atoms with van der Waals surface area (Å²) in [4.78, 5) is 18.5. The lowest BCUT2D eigenvalue weighted by molar-refractivity contribution is 0.0663. The molecule has 176 valence electrons. The third kappa shape index (κ3) is 5.50. The van der Waals surface area contributed by atoms with E-state index >= 15 is 0 Å². The highest BCUT2D eigenvalue weighted by atomic mass is 16.5. The SMILES string of the molecule is O=c1[nH]c2ccc(OC[C@@H](O)CN3CCN(c4ccc(Cc5ccccc5)cc4)CC3)cc2o1. The van der Waals surface area contributed by atoms with Gasteiger partial charge >= 0.3 is 5.76 Å². The molecule has 3 aromatic carbocycles. The molecule has 0 amide bonds. The van der Waals surface area contributed by atoms with Gasteiger partial charge in [-0.25, -0.2) is 4.79 Å². The number of anilines is 1. The van der Waals surface area contributed by atoms with Gasteiger partial charge in [0.15, 0.2) is 5.58 Å². The van der Waals surface area contributed by atoms with Crippen molar-refractivity contribution >= 4 is 16.8 Å². The Balaban J connectivity index is 1.07. The molecule has 5 rings (SSSR count). The lowest BCUT2D eigenvalue weighted by atomic mass is 10.0. The van der Waals surface area contributed by atoms with E-state index in [9.17, 15) is 9.90 Å². The average Bonchev–Trinajstić information content (AvgIpc) is 3.24. The van der Waals surface area contributed by atoms with E-state index in [-0.39, 0.29) is 6.61 Å². The predicted octanol–water partition coefficient (Wildman–Crippen LogP) is 3.27. The molecule has 7 heteroatoms. The molecule has 7 nitrogen and oxygen atoms in total. The maximum Gasteiger partial charge on any atom is 0.417 e. The molecule has 1 aliphatic heterocycles. The van der Waals surface area contributed by atoms with Crippen molar-refractivity contribution in [1.82, 2.24) is 9.88 Å². The van der Waals surface area contributed by atoms with Gasteiger partial charge in [0.05, 0.1) is 5.52 Å². The fourth-order valence-electron chi connectivity index (χ4n) is 4.40. The minimum atomic E-state index is -0.599. The van der Waals surface area contributed by atoms with E-state index in [1.165, 1.54) is 16.8 Å². The zero-order valence-electron chi connectivity index (χ0n) is 19.0. The average molecular weight is 460 g/mol. The van der Waals surface area contributed by atoms with Crippen molar-refractivity contribution < 1.29 is 14.3 Å². The Labute approximate surface area is 198 Å². The van der Waals surface area contributed by atoms with Crippen LogP contribution in [0.4, 0.5) is 5.69 Å². The third-order valence-corrected chi connectivity index (χ3v) is 6.23. The molecule has 2 N–H and O–H groups in total. The Morgan fingerprint density at radius 1 is 0.941 bits per heavy atom. The monoisotopic (exact) mass is 459 g/mol. The minimum Gasteiger partial charge on any atom is -0.491 e. The molecule has 1 fully saturated rings. The van der Waals surface area contributed by atoms with Crippen molar-refractivity contribution in [3.8, 4) is 5.75 Å². The quantitative estimate of drug-likeness (QED) is 0.421. The number of piperazine rings is 1. The van der Waals surface area contributed by atoms with Gasteiger partial charge < -0.3 is 19.2 Å². The second-order valence-electron chi connectivity index (χ2n) is 8.75. The van der Waals surface area contributed by atoms with E-state index in [0.29, 0.717) is 23.4 Å². The molecule has 1 atom stereocenters. The molecule has 2 heterocycles. The Kier molecular flexibility index (Phi) is 6.65. The van der Waals surface area contributed by atoms with Crippen molar-refractivity contribution in [2.24, 2.45) is 0 Å². The van der Waals surface area contributed by atoms with E-state index in [4.69, 9.17) is 9.15 Å². The van der Waals surface area contributed by atoms with Gasteiger partial charge in [-0.1, -0.05) is 42.5 Å². The number of aromatic amines is 1. The van der Waals surface area contributed by atoms with E-state index in [1.54, 1.807) is 18.2 Å². The van der Waals surface area contributed by atoms with Gasteiger partial charge in [0.25, 0.3) is 0 Å². The van der Waals surface area contributed by atoms with Crippen molar-refractivity contribution in [3.63, 3.8) is 0 Å². The first kappa shape index (κ1) is 22.3. The van der Waals surface area contributed by atoms with Gasteiger partial charge in [0.2, 0.25) is 0 Å². The molecule has 1 aliphatic rings. The van der Waals surface area contributed by atoms with Gasteiger partial charge in [-0.3, -0.25) is 9.88 Å². The van der Waals surface area contributed by atoms with Gasteiger partial charge in [-0.15, -0.1) is 0 Å². The molecule has 0 saturated carbocycles. The Morgan fingerprint density at radius 2 is 1.68 bits per heavy atom. The summed E-state index contributed by atoms with van der Waals surface area (Å²) in [5.41, 5.74) is 4.95. The summed E-state index contributed by atoms with van der Waals surface area (Å²) in [6.45, 7) is 4.38. The van der Waals surface area contributed by atoms with Crippen LogP contribution in [0.5, 0.6) is 5.75 Å². The van der Waals surface area contributed by atoms with Crippen LogP contribution in [0.15, 0.2) is 82.0 Å². The van der Waals surface area contributed by atoms with Crippen LogP contribution >= 0.6 is 0 Å². The summed E-state index contributed by atoms with van der Waals surface area (Å²) in [6.07, 6.45) is 0.347. The van der Waals surface area contributed by atoms with E-state index < -0.39 is 11.9 Å². The molecule has 0 radical (unpaired) electrons. The number of oxazole rings is 1. The van der Waals surface area contributed by atoms with Gasteiger partial charge in [-0.2, -0.15) is 0 Å². The first-order valence-electron chi connectivity index (χ1n) is 11.7. The lowest BCUT2D eigenvalue weighted by Gasteiger charge is -2.37. The molecule has 1 aromatic heterocycles. The highest BCUT2D eigenvalue weighted by molar-refractivity contribution is 5.73. The van der Waals surface area contributed by atoms with Crippen molar-refractivity contribution in [3.05, 3.63) is 94.5 Å². The summed E-state index contributed by atoms with van der Waals surface area (Å²) in [6, 6.07) is 24.5. The fraction of sp³-hybridized carbons (Fsp3) is 0.296. The van der Waals surface area contributed by atoms with Crippen LogP contribution in [0.2, 0.25) is 0 Å². The van der Waals surface area contributed by atoms with Gasteiger partial charge in [0, 0.05) is 44.5 Å². The first-order chi connectivity index (χ1) is 16.6. The maximum absolute atomic E-state index is 11.3. The predicted molar refractivity (Wildman–Crippen MR) is 133 cm³/mol. The number of nitrogens with zero attached hydrogens (tertiary/aromatic N) is 2. The Hall–Kier alpha value is -3.55. The smallest absolute Gasteiger partial charge is 0.417 e. The molecule has 0 bridgehead atoms. The molecule has 34 heavy (non-hydrogen) atoms. The largest absolute Gasteiger partial charge is 0.491 e. The minimum absolute atomic E-state index is 0.184. The second-order valence-corrected chi connectivity index (χ2v) is 8.75. The zero-order valence-corrected chi connectivity index (χ0v) is 19.0. The fourth-order valence-corrected chi connectivity index (χ4v) is 4.40. The molecule has 1 saturated heterocycles. The normalized spacial score (nSPS) is 15.5. The molecular formula is C27H29N3O4. The lowest BCUT2D eigenvalue weighted by Crippen LogP contribution is -2.49. The first-order valence-corrected chi connectivity index (χ1v) is 11.7. The third-order valence-electron chi connectivity index (χ3n) is 6.23. The van der Waals surface area contributed by atoms with Crippen LogP contribution in [0.3, 0.4) is 0 Å². The molecule has 0 aliphatic carbocycles. The number of aliphatic hydroxyl groups is 1. The summed E-state index contributed by atoms with van der Waals surface area (Å²) < 4.78 is 10.8. The van der Waals surface area contributed by atoms with Crippen LogP contribution in [0.1, 0.15) is 11.1 Å². The van der Waals surface area contributed by atoms with Crippen LogP contribution in [-0.4, -0.2) is 60.4 Å². The zero-order chi connectivity index (χ0) is 23.3. The number of β-amino-alcohol motifs (C(OH)–C–C–N with tert-alkyl or cyclic N) is 1. The van der Waals surface area contributed by atoms with Crippen LogP contribution in [-0.2, 0) is 6.42 Å². The summed E-state index contributed by atoms with van der Waals surface area (Å²) in [7, 11) is 0. The summed E-state index contributed by atoms with van der Waals surface area (Å²) >= 11 is 0. The van der Waals surface area contributed by atoms with Crippen molar-refractivity contribution in [2.75, 3.05) is 44.2 Å². The summed E-state index contributed by atoms with van der Waals surface area (Å²) in [5.74, 6) is 0.0734. The maximum atomic E-state index is 11.3. The number of benzene rings is 3. The number of hydrogen-bond acceptors (Lipinski definition) is 6. The van der Waals surface area contributed by atoms with Crippen molar-refractivity contribution in [1.29, 1.82) is 0 Å². The molecular weight excluding hydrogens is 430 g/mol. The molecule has 4 aromatic rings.